The number of hydrogen-bond acceptors (Lipinski definition) is 5. The van der Waals surface area contributed by atoms with Gasteiger partial charge in [0.25, 0.3) is 5.91 Å². The van der Waals surface area contributed by atoms with Crippen molar-refractivity contribution < 1.29 is 4.79 Å². The summed E-state index contributed by atoms with van der Waals surface area (Å²) in [6.07, 6.45) is 3.31. The Kier molecular flexibility index (Phi) is 6.17. The fraction of sp³-hybridized carbons (Fsp3) is 0.450. The van der Waals surface area contributed by atoms with Gasteiger partial charge in [0.2, 0.25) is 5.95 Å². The van der Waals surface area contributed by atoms with E-state index in [1.165, 1.54) is 5.56 Å². The van der Waals surface area contributed by atoms with Crippen LogP contribution in [0.4, 0.5) is 5.95 Å². The van der Waals surface area contributed by atoms with E-state index in [0.717, 1.165) is 45.8 Å². The van der Waals surface area contributed by atoms with Crippen molar-refractivity contribution in [1.82, 2.24) is 19.8 Å². The van der Waals surface area contributed by atoms with E-state index in [9.17, 15) is 4.79 Å². The Balaban J connectivity index is 1.64. The molecule has 1 amide bonds. The fourth-order valence-electron chi connectivity index (χ4n) is 3.17. The van der Waals surface area contributed by atoms with Crippen LogP contribution in [0.25, 0.3) is 0 Å². The maximum absolute atomic E-state index is 12.7. The van der Waals surface area contributed by atoms with Crippen molar-refractivity contribution in [2.75, 3.05) is 44.2 Å². The zero-order valence-corrected chi connectivity index (χ0v) is 15.6. The number of anilines is 1. The smallest absolute Gasteiger partial charge is 0.257 e. The molecule has 2 heterocycles. The summed E-state index contributed by atoms with van der Waals surface area (Å²) in [5, 5.41) is 0. The summed E-state index contributed by atoms with van der Waals surface area (Å²) in [5.74, 6) is 0.683. The Morgan fingerprint density at radius 1 is 1.04 bits per heavy atom. The molecule has 0 spiro atoms. The molecule has 0 aliphatic carbocycles. The Morgan fingerprint density at radius 3 is 2.27 bits per heavy atom. The van der Waals surface area contributed by atoms with Crippen molar-refractivity contribution in [3.8, 4) is 0 Å². The van der Waals surface area contributed by atoms with Crippen LogP contribution in [0.5, 0.6) is 0 Å². The molecule has 1 aliphatic heterocycles. The minimum absolute atomic E-state index is 0.0263. The minimum atomic E-state index is 0.0263. The maximum Gasteiger partial charge on any atom is 0.257 e. The molecule has 0 unspecified atom stereocenters. The van der Waals surface area contributed by atoms with Crippen LogP contribution in [-0.2, 0) is 6.54 Å². The molecule has 0 bridgehead atoms. The third-order valence-corrected chi connectivity index (χ3v) is 4.87. The van der Waals surface area contributed by atoms with E-state index in [1.54, 1.807) is 12.4 Å². The Bertz CT molecular complexity index is 696. The highest BCUT2D eigenvalue weighted by molar-refractivity contribution is 5.93. The summed E-state index contributed by atoms with van der Waals surface area (Å²) < 4.78 is 0. The number of hydrogen-bond donors (Lipinski definition) is 0. The summed E-state index contributed by atoms with van der Waals surface area (Å²) in [5.41, 5.74) is 1.78. The molecule has 2 aromatic rings. The Morgan fingerprint density at radius 2 is 1.69 bits per heavy atom. The van der Waals surface area contributed by atoms with Crippen molar-refractivity contribution in [2.45, 2.75) is 20.4 Å². The number of benzene rings is 1. The lowest BCUT2D eigenvalue weighted by molar-refractivity contribution is 0.0642. The predicted molar refractivity (Wildman–Crippen MR) is 103 cm³/mol. The first kappa shape index (κ1) is 18.3. The topological polar surface area (TPSA) is 52.6 Å². The van der Waals surface area contributed by atoms with Gasteiger partial charge in [-0.2, -0.15) is 0 Å². The first-order valence-corrected chi connectivity index (χ1v) is 9.33. The number of piperazine rings is 1. The predicted octanol–water partition coefficient (Wildman–Crippen LogP) is 2.28. The van der Waals surface area contributed by atoms with Gasteiger partial charge < -0.3 is 14.7 Å². The quantitative estimate of drug-likeness (QED) is 0.797. The van der Waals surface area contributed by atoms with Gasteiger partial charge in [-0.15, -0.1) is 0 Å². The van der Waals surface area contributed by atoms with E-state index >= 15 is 0 Å². The van der Waals surface area contributed by atoms with Gasteiger partial charge in [0.1, 0.15) is 0 Å². The second-order valence-electron chi connectivity index (χ2n) is 6.50. The molecular formula is C20H27N5O. The number of carbonyl (C=O) groups is 1. The van der Waals surface area contributed by atoms with E-state index in [0.29, 0.717) is 11.5 Å². The summed E-state index contributed by atoms with van der Waals surface area (Å²) in [6.45, 7) is 10.2. The van der Waals surface area contributed by atoms with Gasteiger partial charge in [-0.3, -0.25) is 4.79 Å². The molecule has 0 radical (unpaired) electrons. The lowest BCUT2D eigenvalue weighted by atomic mass is 10.2. The molecular weight excluding hydrogens is 326 g/mol. The van der Waals surface area contributed by atoms with Crippen molar-refractivity contribution in [2.24, 2.45) is 0 Å². The normalized spacial score (nSPS) is 15.1. The third-order valence-electron chi connectivity index (χ3n) is 4.87. The molecule has 3 rings (SSSR count). The minimum Gasteiger partial charge on any atom is -0.337 e. The molecule has 0 atom stereocenters. The van der Waals surface area contributed by atoms with Crippen LogP contribution in [-0.4, -0.2) is 64.9 Å². The van der Waals surface area contributed by atoms with E-state index in [1.807, 2.05) is 23.1 Å². The second-order valence-corrected chi connectivity index (χ2v) is 6.50. The molecule has 26 heavy (non-hydrogen) atoms. The summed E-state index contributed by atoms with van der Waals surface area (Å²) >= 11 is 0. The van der Waals surface area contributed by atoms with Gasteiger partial charge in [-0.1, -0.05) is 37.3 Å². The lowest BCUT2D eigenvalue weighted by Crippen LogP contribution is -2.48. The van der Waals surface area contributed by atoms with E-state index in [2.05, 4.69) is 45.7 Å². The molecule has 1 aromatic heterocycles. The van der Waals surface area contributed by atoms with Gasteiger partial charge in [-0.05, 0) is 19.0 Å². The number of aromatic nitrogens is 2. The SMILES string of the molecule is CCN1CCN(C(=O)c2cnc(N(CC)Cc3ccccc3)nc2)CC1. The van der Waals surface area contributed by atoms with Gasteiger partial charge in [0, 0.05) is 51.7 Å². The molecule has 1 aliphatic rings. The zero-order chi connectivity index (χ0) is 18.4. The van der Waals surface area contributed by atoms with Gasteiger partial charge in [0.05, 0.1) is 5.56 Å². The number of amides is 1. The number of rotatable bonds is 6. The zero-order valence-electron chi connectivity index (χ0n) is 15.6. The summed E-state index contributed by atoms with van der Waals surface area (Å²) in [4.78, 5) is 27.9. The van der Waals surface area contributed by atoms with E-state index in [-0.39, 0.29) is 5.91 Å². The van der Waals surface area contributed by atoms with Crippen molar-refractivity contribution in [1.29, 1.82) is 0 Å². The average Bonchev–Trinajstić information content (AvgIpc) is 2.72. The molecule has 1 fully saturated rings. The second kappa shape index (κ2) is 8.76. The van der Waals surface area contributed by atoms with Crippen LogP contribution in [0.3, 0.4) is 0 Å². The number of carbonyl (C=O) groups excluding carboxylic acids is 1. The summed E-state index contributed by atoms with van der Waals surface area (Å²) in [6, 6.07) is 10.3. The van der Waals surface area contributed by atoms with E-state index in [4.69, 9.17) is 0 Å². The molecule has 0 saturated carbocycles. The summed E-state index contributed by atoms with van der Waals surface area (Å²) in [7, 11) is 0. The molecule has 1 aromatic carbocycles. The van der Waals surface area contributed by atoms with Gasteiger partial charge >= 0.3 is 0 Å². The van der Waals surface area contributed by atoms with Gasteiger partial charge in [-0.25, -0.2) is 9.97 Å². The number of likely N-dealkylation sites (N-methyl/N-ethyl adjacent to an activating group) is 1. The Labute approximate surface area is 155 Å². The fourth-order valence-corrected chi connectivity index (χ4v) is 3.17. The third kappa shape index (κ3) is 4.38. The lowest BCUT2D eigenvalue weighted by Gasteiger charge is -2.34. The van der Waals surface area contributed by atoms with Gasteiger partial charge in [0.15, 0.2) is 0 Å². The molecule has 0 N–H and O–H groups in total. The van der Waals surface area contributed by atoms with Crippen molar-refractivity contribution in [3.05, 3.63) is 53.9 Å². The monoisotopic (exact) mass is 353 g/mol. The standard InChI is InChI=1S/C20H27N5O/c1-3-23-10-12-25(13-11-23)19(26)18-14-21-20(22-15-18)24(4-2)16-17-8-6-5-7-9-17/h5-9,14-15H,3-4,10-13,16H2,1-2H3. The van der Waals surface area contributed by atoms with Crippen LogP contribution >= 0.6 is 0 Å². The van der Waals surface area contributed by atoms with Crippen molar-refractivity contribution >= 4 is 11.9 Å². The number of nitrogens with zero attached hydrogens (tertiary/aromatic N) is 5. The van der Waals surface area contributed by atoms with Crippen LogP contribution in [0, 0.1) is 0 Å². The van der Waals surface area contributed by atoms with Crippen LogP contribution in [0.1, 0.15) is 29.8 Å². The molecule has 1 saturated heterocycles. The maximum atomic E-state index is 12.7. The average molecular weight is 353 g/mol. The highest BCUT2D eigenvalue weighted by Crippen LogP contribution is 2.13. The highest BCUT2D eigenvalue weighted by Gasteiger charge is 2.22. The van der Waals surface area contributed by atoms with Crippen molar-refractivity contribution in [3.63, 3.8) is 0 Å². The Hall–Kier alpha value is -2.47. The molecule has 6 heteroatoms. The largest absolute Gasteiger partial charge is 0.337 e. The highest BCUT2D eigenvalue weighted by atomic mass is 16.2. The van der Waals surface area contributed by atoms with E-state index < -0.39 is 0 Å². The molecule has 138 valence electrons. The van der Waals surface area contributed by atoms with Crippen LogP contribution < -0.4 is 4.90 Å². The first-order chi connectivity index (χ1) is 12.7. The van der Waals surface area contributed by atoms with Crippen LogP contribution in [0.2, 0.25) is 0 Å². The van der Waals surface area contributed by atoms with Crippen LogP contribution in [0.15, 0.2) is 42.7 Å². The molecule has 6 nitrogen and oxygen atoms in total. The first-order valence-electron chi connectivity index (χ1n) is 9.33.